The first-order chi connectivity index (χ1) is 12.7. The van der Waals surface area contributed by atoms with Crippen molar-refractivity contribution in [2.45, 2.75) is 148 Å². The van der Waals surface area contributed by atoms with Crippen molar-refractivity contribution in [3.63, 3.8) is 0 Å². The number of rotatable bonds is 21. The Kier molecular flexibility index (Phi) is 20.6. The fourth-order valence-corrected chi connectivity index (χ4v) is 3.63. The van der Waals surface area contributed by atoms with Gasteiger partial charge in [0.2, 0.25) is 0 Å². The molecule has 1 unspecified atom stereocenters. The van der Waals surface area contributed by atoms with Gasteiger partial charge in [-0.25, -0.2) is 0 Å². The van der Waals surface area contributed by atoms with Gasteiger partial charge >= 0.3 is 0 Å². The first kappa shape index (κ1) is 25.6. The van der Waals surface area contributed by atoms with E-state index in [4.69, 9.17) is 5.73 Å². The van der Waals surface area contributed by atoms with E-state index in [0.29, 0.717) is 12.2 Å². The van der Waals surface area contributed by atoms with Crippen molar-refractivity contribution in [3.05, 3.63) is 0 Å². The van der Waals surface area contributed by atoms with Crippen LogP contribution >= 0.6 is 0 Å². The maximum Gasteiger partial charge on any atom is 0.149 e. The Hall–Kier alpha value is -0.370. The summed E-state index contributed by atoms with van der Waals surface area (Å²) in [7, 11) is 0. The summed E-state index contributed by atoms with van der Waals surface area (Å²) < 4.78 is 0. The molecule has 0 bridgehead atoms. The van der Waals surface area contributed by atoms with Gasteiger partial charge in [0.15, 0.2) is 0 Å². The van der Waals surface area contributed by atoms with E-state index in [1.807, 2.05) is 0 Å². The van der Waals surface area contributed by atoms with Crippen LogP contribution in [0.1, 0.15) is 142 Å². The Morgan fingerprint density at radius 1 is 0.577 bits per heavy atom. The first-order valence-electron chi connectivity index (χ1n) is 12.0. The Labute approximate surface area is 165 Å². The zero-order valence-corrected chi connectivity index (χ0v) is 18.2. The van der Waals surface area contributed by atoms with Crippen molar-refractivity contribution in [1.29, 1.82) is 0 Å². The lowest BCUT2D eigenvalue weighted by Gasteiger charge is -2.10. The average molecular weight is 368 g/mol. The van der Waals surface area contributed by atoms with Crippen LogP contribution in [0.15, 0.2) is 0 Å². The van der Waals surface area contributed by atoms with Crippen molar-refractivity contribution >= 4 is 5.78 Å². The molecule has 0 saturated heterocycles. The van der Waals surface area contributed by atoms with Gasteiger partial charge in [0.1, 0.15) is 5.78 Å². The maximum atomic E-state index is 12.1. The number of Topliss-reactive ketones (excluding diaryl/α,β-unsaturated/α-hetero) is 1. The second-order valence-electron chi connectivity index (χ2n) is 8.27. The van der Waals surface area contributed by atoms with E-state index >= 15 is 0 Å². The van der Waals surface area contributed by atoms with E-state index in [-0.39, 0.29) is 6.04 Å². The molecule has 0 aromatic heterocycles. The zero-order chi connectivity index (χ0) is 19.3. The van der Waals surface area contributed by atoms with E-state index in [1.54, 1.807) is 0 Å². The van der Waals surface area contributed by atoms with Crippen LogP contribution in [0, 0.1) is 0 Å². The van der Waals surface area contributed by atoms with Crippen LogP contribution in [0.25, 0.3) is 0 Å². The maximum absolute atomic E-state index is 12.1. The fourth-order valence-electron chi connectivity index (χ4n) is 3.63. The van der Waals surface area contributed by atoms with Crippen molar-refractivity contribution < 1.29 is 4.79 Å². The smallest absolute Gasteiger partial charge is 0.149 e. The Morgan fingerprint density at radius 3 is 1.35 bits per heavy atom. The van der Waals surface area contributed by atoms with Crippen LogP contribution in [-0.4, -0.2) is 11.8 Å². The number of carbonyl (C=O) groups excluding carboxylic acids is 1. The monoisotopic (exact) mass is 367 g/mol. The summed E-state index contributed by atoms with van der Waals surface area (Å²) in [5, 5.41) is 0. The minimum atomic E-state index is -0.200. The van der Waals surface area contributed by atoms with Crippen LogP contribution in [0.2, 0.25) is 0 Å². The lowest BCUT2D eigenvalue weighted by Crippen LogP contribution is -2.30. The van der Waals surface area contributed by atoms with Gasteiger partial charge in [0.25, 0.3) is 0 Å². The molecule has 0 aromatic carbocycles. The minimum Gasteiger partial charge on any atom is -0.322 e. The third-order valence-corrected chi connectivity index (χ3v) is 5.56. The second-order valence-corrected chi connectivity index (χ2v) is 8.27. The third-order valence-electron chi connectivity index (χ3n) is 5.56. The molecule has 0 aromatic rings. The lowest BCUT2D eigenvalue weighted by molar-refractivity contribution is -0.120. The highest BCUT2D eigenvalue weighted by atomic mass is 16.1. The Bertz CT molecular complexity index is 290. The number of unbranched alkanes of at least 4 members (excludes halogenated alkanes) is 16. The fraction of sp³-hybridized carbons (Fsp3) is 0.958. The molecule has 0 aliphatic rings. The summed E-state index contributed by atoms with van der Waals surface area (Å²) in [6, 6.07) is -0.200. The molecule has 0 aliphatic carbocycles. The van der Waals surface area contributed by atoms with Gasteiger partial charge in [0.05, 0.1) is 6.04 Å². The van der Waals surface area contributed by atoms with E-state index < -0.39 is 0 Å². The number of carbonyl (C=O) groups is 1. The molecule has 0 heterocycles. The summed E-state index contributed by atoms with van der Waals surface area (Å²) >= 11 is 0. The van der Waals surface area contributed by atoms with Crippen LogP contribution in [0.4, 0.5) is 0 Å². The summed E-state index contributed by atoms with van der Waals surface area (Å²) in [5.74, 6) is 0.299. The highest BCUT2D eigenvalue weighted by molar-refractivity contribution is 5.83. The number of ketones is 1. The number of nitrogens with two attached hydrogens (primary N) is 1. The van der Waals surface area contributed by atoms with Crippen molar-refractivity contribution in [2.75, 3.05) is 0 Å². The molecular weight excluding hydrogens is 318 g/mol. The molecule has 0 radical (unpaired) electrons. The third kappa shape index (κ3) is 18.4. The molecule has 2 heteroatoms. The van der Waals surface area contributed by atoms with Crippen molar-refractivity contribution in [3.8, 4) is 0 Å². The predicted molar refractivity (Wildman–Crippen MR) is 117 cm³/mol. The average Bonchev–Trinajstić information content (AvgIpc) is 2.65. The van der Waals surface area contributed by atoms with Crippen LogP contribution in [0.3, 0.4) is 0 Å². The normalized spacial score (nSPS) is 12.4. The highest BCUT2D eigenvalue weighted by Crippen LogP contribution is 2.13. The molecule has 0 amide bonds. The molecule has 0 fully saturated rings. The Balaban J connectivity index is 3.33. The molecule has 2 N–H and O–H groups in total. The van der Waals surface area contributed by atoms with Crippen molar-refractivity contribution in [1.82, 2.24) is 0 Å². The number of hydrogen-bond donors (Lipinski definition) is 1. The van der Waals surface area contributed by atoms with E-state index in [9.17, 15) is 4.79 Å². The zero-order valence-electron chi connectivity index (χ0n) is 18.2. The van der Waals surface area contributed by atoms with Gasteiger partial charge in [-0.15, -0.1) is 0 Å². The highest BCUT2D eigenvalue weighted by Gasteiger charge is 2.12. The summed E-state index contributed by atoms with van der Waals surface area (Å²) in [4.78, 5) is 12.1. The molecule has 0 aliphatic heterocycles. The lowest BCUT2D eigenvalue weighted by atomic mass is 9.99. The van der Waals surface area contributed by atoms with Gasteiger partial charge in [-0.2, -0.15) is 0 Å². The quantitative estimate of drug-likeness (QED) is 0.211. The number of hydrogen-bond acceptors (Lipinski definition) is 2. The van der Waals surface area contributed by atoms with Crippen LogP contribution in [0.5, 0.6) is 0 Å². The molecular formula is C24H49NO. The summed E-state index contributed by atoms with van der Waals surface area (Å²) in [6.45, 7) is 4.53. The molecule has 2 nitrogen and oxygen atoms in total. The largest absolute Gasteiger partial charge is 0.322 e. The summed E-state index contributed by atoms with van der Waals surface area (Å²) in [6.07, 6.45) is 25.2. The molecule has 0 saturated carbocycles. The van der Waals surface area contributed by atoms with Gasteiger partial charge < -0.3 is 5.73 Å². The van der Waals surface area contributed by atoms with Gasteiger partial charge in [-0.05, 0) is 12.8 Å². The second kappa shape index (κ2) is 20.9. The molecule has 0 spiro atoms. The first-order valence-corrected chi connectivity index (χ1v) is 12.0. The Morgan fingerprint density at radius 2 is 0.923 bits per heavy atom. The SMILES string of the molecule is CCCCCCCCCCCC(=O)C(N)CCCCCCCCCCC. The molecule has 0 rings (SSSR count). The van der Waals surface area contributed by atoms with E-state index in [1.165, 1.54) is 103 Å². The van der Waals surface area contributed by atoms with Gasteiger partial charge in [-0.1, -0.05) is 123 Å². The van der Waals surface area contributed by atoms with Crippen LogP contribution in [-0.2, 0) is 4.79 Å². The topological polar surface area (TPSA) is 43.1 Å². The minimum absolute atomic E-state index is 0.200. The van der Waals surface area contributed by atoms with Gasteiger partial charge in [-0.3, -0.25) is 4.79 Å². The van der Waals surface area contributed by atoms with Crippen LogP contribution < -0.4 is 5.73 Å². The molecule has 1 atom stereocenters. The van der Waals surface area contributed by atoms with Crippen molar-refractivity contribution in [2.24, 2.45) is 5.73 Å². The van der Waals surface area contributed by atoms with E-state index in [0.717, 1.165) is 19.3 Å². The van der Waals surface area contributed by atoms with Gasteiger partial charge in [0, 0.05) is 6.42 Å². The standard InChI is InChI=1S/C24H49NO/c1-3-5-7-9-11-13-15-17-19-21-23(25)24(26)22-20-18-16-14-12-10-8-6-4-2/h23H,3-22,25H2,1-2H3. The molecule has 156 valence electrons. The predicted octanol–water partition coefficient (Wildman–Crippen LogP) is 7.72. The molecule has 26 heavy (non-hydrogen) atoms. The van der Waals surface area contributed by atoms with E-state index in [2.05, 4.69) is 13.8 Å². The summed E-state index contributed by atoms with van der Waals surface area (Å²) in [5.41, 5.74) is 6.07.